The highest BCUT2D eigenvalue weighted by atomic mass is 15.3. The van der Waals surface area contributed by atoms with Crippen molar-refractivity contribution in [3.05, 3.63) is 18.3 Å². The molecule has 60 valence electrons. The molecule has 0 spiro atoms. The van der Waals surface area contributed by atoms with Crippen molar-refractivity contribution in [1.82, 2.24) is 19.6 Å². The van der Waals surface area contributed by atoms with Gasteiger partial charge in [-0.3, -0.25) is 9.50 Å². The zero-order valence-electron chi connectivity index (χ0n) is 7.00. The number of aromatic nitrogens is 4. The van der Waals surface area contributed by atoms with Gasteiger partial charge in [0.05, 0.1) is 6.20 Å². The van der Waals surface area contributed by atoms with E-state index >= 15 is 0 Å². The predicted octanol–water partition coefficient (Wildman–Crippen LogP) is 1.39. The Bertz CT molecular complexity index is 320. The molecule has 0 aliphatic heterocycles. The van der Waals surface area contributed by atoms with Gasteiger partial charge in [0.15, 0.2) is 5.65 Å². The van der Waals surface area contributed by atoms with Crippen LogP contribution in [0.2, 0.25) is 0 Å². The van der Waals surface area contributed by atoms with Crippen molar-refractivity contribution < 1.29 is 0 Å². The Balaban J connectivity index is 0.000000281. The number of H-pyrrole nitrogens is 1. The van der Waals surface area contributed by atoms with Crippen LogP contribution < -0.4 is 0 Å². The lowest BCUT2D eigenvalue weighted by Gasteiger charge is -1.79. The molecule has 1 N–H and O–H groups in total. The van der Waals surface area contributed by atoms with Crippen molar-refractivity contribution >= 4 is 5.65 Å². The highest BCUT2D eigenvalue weighted by Gasteiger charge is 1.95. The third kappa shape index (κ3) is 1.24. The summed E-state index contributed by atoms with van der Waals surface area (Å²) in [6.45, 7) is 5.92. The summed E-state index contributed by atoms with van der Waals surface area (Å²) in [5.41, 5.74) is 0.938. The molecule has 0 aliphatic carbocycles. The SMILES string of the molecule is CC.Cc1n[nH]c2cncn12. The first kappa shape index (κ1) is 7.78. The Hall–Kier alpha value is -1.32. The number of nitrogens with one attached hydrogen (secondary N) is 1. The molecule has 0 fully saturated rings. The number of rotatable bonds is 0. The van der Waals surface area contributed by atoms with Crippen LogP contribution in [0.3, 0.4) is 0 Å². The van der Waals surface area contributed by atoms with Crippen LogP contribution in [-0.4, -0.2) is 19.6 Å². The molecule has 11 heavy (non-hydrogen) atoms. The average Bonchev–Trinajstić information content (AvgIpc) is 2.60. The monoisotopic (exact) mass is 152 g/mol. The number of fused-ring (bicyclic) bond motifs is 1. The third-order valence-corrected chi connectivity index (χ3v) is 1.32. The molecule has 0 radical (unpaired) electrons. The number of aromatic amines is 1. The standard InChI is InChI=1S/C5H6N4.C2H6/c1-4-7-8-5-2-6-3-9(4)5;1-2/h2-3,8H,1H3;1-2H3. The second-order valence-electron chi connectivity index (χ2n) is 1.92. The summed E-state index contributed by atoms with van der Waals surface area (Å²) in [7, 11) is 0. The first-order valence-corrected chi connectivity index (χ1v) is 3.71. The van der Waals surface area contributed by atoms with E-state index in [9.17, 15) is 0 Å². The molecular weight excluding hydrogens is 140 g/mol. The van der Waals surface area contributed by atoms with Crippen LogP contribution >= 0.6 is 0 Å². The van der Waals surface area contributed by atoms with Gasteiger partial charge in [0.1, 0.15) is 12.2 Å². The van der Waals surface area contributed by atoms with Gasteiger partial charge in [-0.2, -0.15) is 5.10 Å². The molecule has 0 aromatic carbocycles. The summed E-state index contributed by atoms with van der Waals surface area (Å²) in [4.78, 5) is 3.91. The van der Waals surface area contributed by atoms with E-state index in [2.05, 4.69) is 15.2 Å². The van der Waals surface area contributed by atoms with Gasteiger partial charge in [-0.25, -0.2) is 4.98 Å². The largest absolute Gasteiger partial charge is 0.270 e. The topological polar surface area (TPSA) is 46.0 Å². The Morgan fingerprint density at radius 3 is 2.82 bits per heavy atom. The van der Waals surface area contributed by atoms with Gasteiger partial charge in [-0.05, 0) is 6.92 Å². The maximum atomic E-state index is 3.95. The van der Waals surface area contributed by atoms with Crippen molar-refractivity contribution in [3.63, 3.8) is 0 Å². The normalized spacial score (nSPS) is 9.36. The number of nitrogens with zero attached hydrogens (tertiary/aromatic N) is 3. The second-order valence-corrected chi connectivity index (χ2v) is 1.92. The van der Waals surface area contributed by atoms with Crippen LogP contribution in [0.15, 0.2) is 12.5 Å². The molecule has 0 saturated carbocycles. The van der Waals surface area contributed by atoms with E-state index in [0.717, 1.165) is 11.5 Å². The van der Waals surface area contributed by atoms with Gasteiger partial charge in [0, 0.05) is 0 Å². The zero-order valence-corrected chi connectivity index (χ0v) is 7.00. The quantitative estimate of drug-likeness (QED) is 0.620. The smallest absolute Gasteiger partial charge is 0.152 e. The van der Waals surface area contributed by atoms with E-state index in [1.165, 1.54) is 0 Å². The van der Waals surface area contributed by atoms with E-state index in [-0.39, 0.29) is 0 Å². The summed E-state index contributed by atoms with van der Waals surface area (Å²) in [6.07, 6.45) is 3.47. The van der Waals surface area contributed by atoms with Crippen LogP contribution in [0.5, 0.6) is 0 Å². The fourth-order valence-corrected chi connectivity index (χ4v) is 0.828. The van der Waals surface area contributed by atoms with Gasteiger partial charge < -0.3 is 0 Å². The highest BCUT2D eigenvalue weighted by Crippen LogP contribution is 1.98. The second kappa shape index (κ2) is 3.18. The Morgan fingerprint density at radius 2 is 2.18 bits per heavy atom. The lowest BCUT2D eigenvalue weighted by Crippen LogP contribution is -1.80. The number of aryl methyl sites for hydroxylation is 1. The Labute approximate surface area is 65.3 Å². The molecule has 0 atom stereocenters. The third-order valence-electron chi connectivity index (χ3n) is 1.32. The fourth-order valence-electron chi connectivity index (χ4n) is 0.828. The Morgan fingerprint density at radius 1 is 1.45 bits per heavy atom. The summed E-state index contributed by atoms with van der Waals surface area (Å²) >= 11 is 0. The molecule has 0 aliphatic rings. The average molecular weight is 152 g/mol. The molecule has 2 aromatic heterocycles. The van der Waals surface area contributed by atoms with E-state index in [1.54, 1.807) is 12.5 Å². The molecule has 4 heteroatoms. The van der Waals surface area contributed by atoms with Crippen molar-refractivity contribution in [2.24, 2.45) is 0 Å². The predicted molar refractivity (Wildman–Crippen MR) is 43.4 cm³/mol. The van der Waals surface area contributed by atoms with Crippen LogP contribution in [0, 0.1) is 6.92 Å². The van der Waals surface area contributed by atoms with E-state index in [0.29, 0.717) is 0 Å². The molecule has 0 saturated heterocycles. The van der Waals surface area contributed by atoms with Crippen molar-refractivity contribution in [2.45, 2.75) is 20.8 Å². The van der Waals surface area contributed by atoms with Gasteiger partial charge in [-0.1, -0.05) is 13.8 Å². The van der Waals surface area contributed by atoms with E-state index in [4.69, 9.17) is 0 Å². The van der Waals surface area contributed by atoms with E-state index < -0.39 is 0 Å². The molecule has 0 bridgehead atoms. The lowest BCUT2D eigenvalue weighted by atomic mass is 10.7. The molecule has 0 amide bonds. The maximum absolute atomic E-state index is 3.95. The molecule has 2 aromatic rings. The summed E-state index contributed by atoms with van der Waals surface area (Å²) in [5.74, 6) is 0.933. The van der Waals surface area contributed by atoms with Crippen LogP contribution in [0.1, 0.15) is 19.7 Å². The Kier molecular flexibility index (Phi) is 2.25. The maximum Gasteiger partial charge on any atom is 0.152 e. The fraction of sp³-hybridized carbons (Fsp3) is 0.429. The number of imidazole rings is 1. The molecule has 2 rings (SSSR count). The number of hydrogen-bond donors (Lipinski definition) is 1. The number of hydrogen-bond acceptors (Lipinski definition) is 2. The highest BCUT2D eigenvalue weighted by molar-refractivity contribution is 5.33. The molecule has 0 unspecified atom stereocenters. The lowest BCUT2D eigenvalue weighted by molar-refractivity contribution is 0.992. The molecule has 2 heterocycles. The van der Waals surface area contributed by atoms with E-state index in [1.807, 2.05) is 25.2 Å². The first-order valence-electron chi connectivity index (χ1n) is 3.71. The minimum absolute atomic E-state index is 0.933. The van der Waals surface area contributed by atoms with Crippen molar-refractivity contribution in [2.75, 3.05) is 0 Å². The molecule has 4 nitrogen and oxygen atoms in total. The minimum atomic E-state index is 0.933. The van der Waals surface area contributed by atoms with Crippen LogP contribution in [0.25, 0.3) is 5.65 Å². The van der Waals surface area contributed by atoms with Gasteiger partial charge in [0.2, 0.25) is 0 Å². The zero-order chi connectivity index (χ0) is 8.27. The van der Waals surface area contributed by atoms with Gasteiger partial charge in [-0.15, -0.1) is 0 Å². The van der Waals surface area contributed by atoms with Gasteiger partial charge >= 0.3 is 0 Å². The van der Waals surface area contributed by atoms with Gasteiger partial charge in [0.25, 0.3) is 0 Å². The summed E-state index contributed by atoms with van der Waals surface area (Å²) in [6, 6.07) is 0. The van der Waals surface area contributed by atoms with Crippen LogP contribution in [0.4, 0.5) is 0 Å². The van der Waals surface area contributed by atoms with Crippen molar-refractivity contribution in [1.29, 1.82) is 0 Å². The van der Waals surface area contributed by atoms with Crippen LogP contribution in [-0.2, 0) is 0 Å². The summed E-state index contributed by atoms with van der Waals surface area (Å²) in [5, 5.41) is 6.77. The summed E-state index contributed by atoms with van der Waals surface area (Å²) < 4.78 is 1.89. The first-order chi connectivity index (χ1) is 5.38. The van der Waals surface area contributed by atoms with Crippen molar-refractivity contribution in [3.8, 4) is 0 Å². The minimum Gasteiger partial charge on any atom is -0.270 e. The molecular formula is C7H12N4.